The Morgan fingerprint density at radius 2 is 2.19 bits per heavy atom. The molecule has 3 aromatic rings. The molecule has 4 heterocycles. The number of fused-ring (bicyclic) bond motifs is 2. The van der Waals surface area contributed by atoms with E-state index < -0.39 is 11.9 Å². The summed E-state index contributed by atoms with van der Waals surface area (Å²) in [6.07, 6.45) is 0. The molecule has 3 N–H and O–H groups in total. The number of carbonyl (C=O) groups is 1. The fourth-order valence-corrected chi connectivity index (χ4v) is 4.02. The third-order valence-corrected chi connectivity index (χ3v) is 5.44. The highest BCUT2D eigenvalue weighted by molar-refractivity contribution is 7.13. The zero-order valence-electron chi connectivity index (χ0n) is 14.3. The number of carbonyl (C=O) groups excluding carboxylic acids is 1. The van der Waals surface area contributed by atoms with Crippen molar-refractivity contribution in [3.05, 3.63) is 52.5 Å². The highest BCUT2D eigenvalue weighted by atomic mass is 32.1. The predicted molar refractivity (Wildman–Crippen MR) is 99.6 cm³/mol. The molecular weight excluding hydrogens is 366 g/mol. The van der Waals surface area contributed by atoms with E-state index in [1.165, 1.54) is 0 Å². The normalized spacial score (nSPS) is 17.6. The number of primary amides is 1. The highest BCUT2D eigenvalue weighted by Gasteiger charge is 2.34. The number of nitrogens with zero attached hydrogens (tertiary/aromatic N) is 3. The van der Waals surface area contributed by atoms with Gasteiger partial charge in [-0.25, -0.2) is 4.68 Å². The molecule has 1 amide bonds. The Labute approximate surface area is 158 Å². The fourth-order valence-electron chi connectivity index (χ4n) is 3.37. The summed E-state index contributed by atoms with van der Waals surface area (Å²) >= 11 is 1.55. The molecule has 2 aliphatic rings. The molecule has 1 aromatic carbocycles. The second kappa shape index (κ2) is 5.85. The molecule has 136 valence electrons. The van der Waals surface area contributed by atoms with Crippen molar-refractivity contribution in [3.8, 4) is 22.2 Å². The topological polar surface area (TPSA) is 104 Å². The van der Waals surface area contributed by atoms with Gasteiger partial charge in [-0.1, -0.05) is 12.1 Å². The number of aromatic nitrogens is 3. The lowest BCUT2D eigenvalue weighted by atomic mass is 9.95. The van der Waals surface area contributed by atoms with E-state index in [-0.39, 0.29) is 6.79 Å². The monoisotopic (exact) mass is 381 g/mol. The number of allylic oxidation sites excluding steroid dienone is 1. The van der Waals surface area contributed by atoms with Crippen LogP contribution in [-0.2, 0) is 4.79 Å². The van der Waals surface area contributed by atoms with Crippen LogP contribution in [0, 0.1) is 0 Å². The molecule has 8 nitrogen and oxygen atoms in total. The van der Waals surface area contributed by atoms with Crippen molar-refractivity contribution in [2.24, 2.45) is 5.73 Å². The van der Waals surface area contributed by atoms with Crippen molar-refractivity contribution in [1.29, 1.82) is 0 Å². The summed E-state index contributed by atoms with van der Waals surface area (Å²) in [5.41, 5.74) is 7.61. The molecule has 2 aromatic heterocycles. The molecule has 9 heteroatoms. The summed E-state index contributed by atoms with van der Waals surface area (Å²) in [6, 6.07) is 8.96. The van der Waals surface area contributed by atoms with Crippen molar-refractivity contribution in [2.45, 2.75) is 13.0 Å². The first-order valence-corrected chi connectivity index (χ1v) is 9.17. The number of hydrogen-bond acceptors (Lipinski definition) is 7. The lowest BCUT2D eigenvalue weighted by molar-refractivity contribution is -0.115. The minimum absolute atomic E-state index is 0.180. The van der Waals surface area contributed by atoms with E-state index in [1.807, 2.05) is 42.6 Å². The maximum atomic E-state index is 12.2. The van der Waals surface area contributed by atoms with Crippen LogP contribution in [-0.4, -0.2) is 27.5 Å². The van der Waals surface area contributed by atoms with Gasteiger partial charge in [-0.3, -0.25) is 4.79 Å². The maximum Gasteiger partial charge on any atom is 0.248 e. The molecule has 0 radical (unpaired) electrons. The van der Waals surface area contributed by atoms with E-state index in [0.717, 1.165) is 10.4 Å². The van der Waals surface area contributed by atoms with Crippen LogP contribution in [0.25, 0.3) is 10.7 Å². The Kier molecular flexibility index (Phi) is 3.44. The van der Waals surface area contributed by atoms with Crippen LogP contribution in [0.2, 0.25) is 0 Å². The van der Waals surface area contributed by atoms with Crippen LogP contribution in [0.5, 0.6) is 11.5 Å². The van der Waals surface area contributed by atoms with E-state index in [9.17, 15) is 4.79 Å². The number of nitrogens with one attached hydrogen (secondary N) is 1. The Morgan fingerprint density at radius 3 is 2.96 bits per heavy atom. The van der Waals surface area contributed by atoms with E-state index in [4.69, 9.17) is 15.2 Å². The van der Waals surface area contributed by atoms with E-state index in [1.54, 1.807) is 16.0 Å². The highest BCUT2D eigenvalue weighted by Crippen LogP contribution is 2.40. The van der Waals surface area contributed by atoms with E-state index in [2.05, 4.69) is 15.4 Å². The second-order valence-corrected chi connectivity index (χ2v) is 7.17. The first-order valence-electron chi connectivity index (χ1n) is 8.29. The zero-order valence-corrected chi connectivity index (χ0v) is 15.1. The quantitative estimate of drug-likeness (QED) is 0.722. The van der Waals surface area contributed by atoms with Crippen LogP contribution < -0.4 is 20.5 Å². The molecule has 2 aliphatic heterocycles. The van der Waals surface area contributed by atoms with Gasteiger partial charge in [-0.2, -0.15) is 4.98 Å². The average Bonchev–Trinajstić information content (AvgIpc) is 3.38. The molecular formula is C18H15N5O3S. The number of anilines is 1. The van der Waals surface area contributed by atoms with Crippen LogP contribution in [0.3, 0.4) is 0 Å². The zero-order chi connectivity index (χ0) is 18.5. The summed E-state index contributed by atoms with van der Waals surface area (Å²) in [6.45, 7) is 1.99. The molecule has 0 saturated carbocycles. The third kappa shape index (κ3) is 2.47. The Bertz CT molecular complexity index is 1090. The van der Waals surface area contributed by atoms with Crippen LogP contribution >= 0.6 is 11.3 Å². The predicted octanol–water partition coefficient (Wildman–Crippen LogP) is 2.51. The Balaban J connectivity index is 1.68. The number of benzene rings is 1. The lowest BCUT2D eigenvalue weighted by Gasteiger charge is -2.27. The molecule has 0 spiro atoms. The van der Waals surface area contributed by atoms with Gasteiger partial charge < -0.3 is 20.5 Å². The van der Waals surface area contributed by atoms with Crippen molar-refractivity contribution >= 4 is 23.2 Å². The summed E-state index contributed by atoms with van der Waals surface area (Å²) in [7, 11) is 0. The molecule has 0 aliphatic carbocycles. The lowest BCUT2D eigenvalue weighted by Crippen LogP contribution is -2.31. The van der Waals surface area contributed by atoms with Gasteiger partial charge in [-0.05, 0) is 36.1 Å². The van der Waals surface area contributed by atoms with Gasteiger partial charge in [0.2, 0.25) is 18.6 Å². The number of nitrogens with two attached hydrogens (primary N) is 1. The Hall–Kier alpha value is -3.33. The van der Waals surface area contributed by atoms with Gasteiger partial charge in [0.15, 0.2) is 17.3 Å². The number of hydrogen-bond donors (Lipinski definition) is 2. The van der Waals surface area contributed by atoms with Crippen molar-refractivity contribution in [1.82, 2.24) is 14.8 Å². The van der Waals surface area contributed by atoms with E-state index >= 15 is 0 Å². The molecule has 0 fully saturated rings. The Morgan fingerprint density at radius 1 is 1.33 bits per heavy atom. The number of amides is 1. The minimum Gasteiger partial charge on any atom is -0.454 e. The van der Waals surface area contributed by atoms with E-state index in [0.29, 0.717) is 34.5 Å². The van der Waals surface area contributed by atoms with Crippen molar-refractivity contribution in [2.75, 3.05) is 12.1 Å². The standard InChI is InChI=1S/C18H15N5O3S/c1-9-14(16(19)24)15(10-4-5-11-12(7-10)26-8-25-11)23-18(20-9)21-17(22-23)13-3-2-6-27-13/h2-7,15H,8H2,1H3,(H2,19,24)(H,20,21,22)/t15-/m0/s1. The van der Waals surface area contributed by atoms with Gasteiger partial charge in [0, 0.05) is 5.70 Å². The number of ether oxygens (including phenoxy) is 2. The summed E-state index contributed by atoms with van der Waals surface area (Å²) in [4.78, 5) is 17.8. The van der Waals surface area contributed by atoms with Gasteiger partial charge >= 0.3 is 0 Å². The first kappa shape index (κ1) is 15.9. The molecule has 0 saturated heterocycles. The molecule has 0 unspecified atom stereocenters. The summed E-state index contributed by atoms with van der Waals surface area (Å²) in [5, 5.41) is 9.76. The van der Waals surface area contributed by atoms with Crippen molar-refractivity contribution < 1.29 is 14.3 Å². The largest absolute Gasteiger partial charge is 0.454 e. The van der Waals surface area contributed by atoms with Gasteiger partial charge in [-0.15, -0.1) is 16.4 Å². The van der Waals surface area contributed by atoms with Crippen LogP contribution in [0.15, 0.2) is 47.0 Å². The van der Waals surface area contributed by atoms with Crippen LogP contribution in [0.4, 0.5) is 5.95 Å². The summed E-state index contributed by atoms with van der Waals surface area (Å²) < 4.78 is 12.6. The molecule has 27 heavy (non-hydrogen) atoms. The summed E-state index contributed by atoms with van der Waals surface area (Å²) in [5.74, 6) is 1.95. The van der Waals surface area contributed by atoms with Gasteiger partial charge in [0.05, 0.1) is 10.5 Å². The molecule has 1 atom stereocenters. The van der Waals surface area contributed by atoms with Crippen molar-refractivity contribution in [3.63, 3.8) is 0 Å². The average molecular weight is 381 g/mol. The van der Waals surface area contributed by atoms with Crippen LogP contribution in [0.1, 0.15) is 18.5 Å². The molecule has 5 rings (SSSR count). The van der Waals surface area contributed by atoms with Gasteiger partial charge in [0.25, 0.3) is 0 Å². The third-order valence-electron chi connectivity index (χ3n) is 4.57. The molecule has 0 bridgehead atoms. The van der Waals surface area contributed by atoms with Gasteiger partial charge in [0.1, 0.15) is 6.04 Å². The smallest absolute Gasteiger partial charge is 0.248 e. The second-order valence-electron chi connectivity index (χ2n) is 6.22. The number of rotatable bonds is 3. The number of thiophene rings is 1. The fraction of sp³-hybridized carbons (Fsp3) is 0.167. The maximum absolute atomic E-state index is 12.2. The first-order chi connectivity index (χ1) is 13.1. The minimum atomic E-state index is -0.513. The SMILES string of the molecule is CC1=C(C(N)=O)[C@H](c2ccc3c(c2)OCO3)n2nc(-c3cccs3)nc2N1.